The molecule has 0 fully saturated rings. The Balaban J connectivity index is 1.86. The molecule has 0 aliphatic carbocycles. The number of carboxylic acids is 1. The standard InChI is InChI=1S/C19H20N2O5/c20-15-9-5-4-8-14(15)17(22)11-10-16(18(23)24)21-19(25)26-12-13-6-2-1-3-7-13/h1-9,16H,10-12,20H2,(H,21,25)(H,23,24). The van der Waals surface area contributed by atoms with E-state index in [1.54, 1.807) is 48.5 Å². The Bertz CT molecular complexity index is 777. The minimum absolute atomic E-state index is 0.0263. The van der Waals surface area contributed by atoms with Crippen LogP contribution in [0.2, 0.25) is 0 Å². The van der Waals surface area contributed by atoms with Crippen molar-refractivity contribution < 1.29 is 24.2 Å². The van der Waals surface area contributed by atoms with E-state index in [2.05, 4.69) is 5.32 Å². The first-order chi connectivity index (χ1) is 12.5. The number of alkyl carbamates (subject to hydrolysis) is 1. The van der Waals surface area contributed by atoms with E-state index in [0.29, 0.717) is 11.3 Å². The Morgan fingerprint density at radius 3 is 2.35 bits per heavy atom. The number of ether oxygens (including phenoxy) is 1. The third-order valence-electron chi connectivity index (χ3n) is 3.72. The second-order valence-corrected chi connectivity index (χ2v) is 5.65. The van der Waals surface area contributed by atoms with Gasteiger partial charge in [-0.05, 0) is 24.1 Å². The van der Waals surface area contributed by atoms with Gasteiger partial charge in [-0.3, -0.25) is 4.79 Å². The summed E-state index contributed by atoms with van der Waals surface area (Å²) in [5.74, 6) is -1.52. The fourth-order valence-electron chi connectivity index (χ4n) is 2.33. The molecule has 0 saturated carbocycles. The van der Waals surface area contributed by atoms with Crippen LogP contribution in [-0.4, -0.2) is 29.0 Å². The van der Waals surface area contributed by atoms with Crippen molar-refractivity contribution >= 4 is 23.5 Å². The zero-order chi connectivity index (χ0) is 18.9. The monoisotopic (exact) mass is 356 g/mol. The van der Waals surface area contributed by atoms with Gasteiger partial charge in [0.1, 0.15) is 12.6 Å². The Kier molecular flexibility index (Phi) is 6.73. The van der Waals surface area contributed by atoms with E-state index in [1.165, 1.54) is 0 Å². The van der Waals surface area contributed by atoms with Gasteiger partial charge in [-0.1, -0.05) is 42.5 Å². The number of nitrogens with one attached hydrogen (secondary N) is 1. The summed E-state index contributed by atoms with van der Waals surface area (Å²) in [5, 5.41) is 11.5. The van der Waals surface area contributed by atoms with Gasteiger partial charge in [-0.2, -0.15) is 0 Å². The van der Waals surface area contributed by atoms with Crippen molar-refractivity contribution in [2.24, 2.45) is 0 Å². The maximum Gasteiger partial charge on any atom is 0.408 e. The number of carbonyl (C=O) groups excluding carboxylic acids is 2. The number of carbonyl (C=O) groups is 3. The lowest BCUT2D eigenvalue weighted by molar-refractivity contribution is -0.139. The van der Waals surface area contributed by atoms with E-state index in [1.807, 2.05) is 6.07 Å². The fourth-order valence-corrected chi connectivity index (χ4v) is 2.33. The number of hydrogen-bond acceptors (Lipinski definition) is 5. The highest BCUT2D eigenvalue weighted by Gasteiger charge is 2.22. The number of aliphatic carboxylic acids is 1. The fraction of sp³-hybridized carbons (Fsp3) is 0.211. The van der Waals surface area contributed by atoms with Gasteiger partial charge in [0.2, 0.25) is 0 Å². The predicted molar refractivity (Wildman–Crippen MR) is 95.6 cm³/mol. The number of ketones is 1. The van der Waals surface area contributed by atoms with Crippen LogP contribution in [-0.2, 0) is 16.1 Å². The van der Waals surface area contributed by atoms with Gasteiger partial charge in [0.05, 0.1) is 0 Å². The first kappa shape index (κ1) is 19.0. The van der Waals surface area contributed by atoms with Crippen molar-refractivity contribution in [2.45, 2.75) is 25.5 Å². The molecule has 136 valence electrons. The quantitative estimate of drug-likeness (QED) is 0.494. The summed E-state index contributed by atoms with van der Waals surface area (Å²) in [6, 6.07) is 14.3. The third kappa shape index (κ3) is 5.62. The van der Waals surface area contributed by atoms with Crippen LogP contribution in [0.1, 0.15) is 28.8 Å². The van der Waals surface area contributed by atoms with Crippen molar-refractivity contribution in [1.82, 2.24) is 5.32 Å². The van der Waals surface area contributed by atoms with Crippen LogP contribution in [0.4, 0.5) is 10.5 Å². The second kappa shape index (κ2) is 9.22. The molecule has 7 nitrogen and oxygen atoms in total. The van der Waals surface area contributed by atoms with Crippen LogP contribution < -0.4 is 11.1 Å². The topological polar surface area (TPSA) is 119 Å². The summed E-state index contributed by atoms with van der Waals surface area (Å²) in [5.41, 5.74) is 7.19. The summed E-state index contributed by atoms with van der Waals surface area (Å²) < 4.78 is 5.00. The predicted octanol–water partition coefficient (Wildman–Crippen LogP) is 2.61. The van der Waals surface area contributed by atoms with E-state index < -0.39 is 18.1 Å². The first-order valence-corrected chi connectivity index (χ1v) is 8.05. The average Bonchev–Trinajstić information content (AvgIpc) is 2.64. The molecule has 0 radical (unpaired) electrons. The lowest BCUT2D eigenvalue weighted by Crippen LogP contribution is -2.41. The Morgan fingerprint density at radius 2 is 1.69 bits per heavy atom. The van der Waals surface area contributed by atoms with Crippen LogP contribution >= 0.6 is 0 Å². The zero-order valence-corrected chi connectivity index (χ0v) is 14.1. The van der Waals surface area contributed by atoms with Gasteiger partial charge >= 0.3 is 12.1 Å². The number of carboxylic acid groups (broad SMARTS) is 1. The molecule has 2 aromatic rings. The molecule has 0 spiro atoms. The number of hydrogen-bond donors (Lipinski definition) is 3. The average molecular weight is 356 g/mol. The van der Waals surface area contributed by atoms with Crippen molar-refractivity contribution in [2.75, 3.05) is 5.73 Å². The summed E-state index contributed by atoms with van der Waals surface area (Å²) in [7, 11) is 0. The summed E-state index contributed by atoms with van der Waals surface area (Å²) in [4.78, 5) is 35.3. The number of nitrogen functional groups attached to an aromatic ring is 1. The lowest BCUT2D eigenvalue weighted by atomic mass is 10.0. The van der Waals surface area contributed by atoms with Gasteiger partial charge in [0.15, 0.2) is 5.78 Å². The van der Waals surface area contributed by atoms with Crippen molar-refractivity contribution in [1.29, 1.82) is 0 Å². The smallest absolute Gasteiger partial charge is 0.408 e. The summed E-state index contributed by atoms with van der Waals surface area (Å²) in [6.45, 7) is 0.0263. The summed E-state index contributed by atoms with van der Waals surface area (Å²) in [6.07, 6.45) is -0.986. The molecule has 0 aromatic heterocycles. The van der Waals surface area contributed by atoms with Crippen LogP contribution in [0.3, 0.4) is 0 Å². The van der Waals surface area contributed by atoms with Crippen molar-refractivity contribution in [3.8, 4) is 0 Å². The molecule has 1 amide bonds. The molecule has 1 unspecified atom stereocenters. The number of para-hydroxylation sites is 1. The highest BCUT2D eigenvalue weighted by atomic mass is 16.5. The number of anilines is 1. The number of rotatable bonds is 8. The lowest BCUT2D eigenvalue weighted by Gasteiger charge is -2.14. The molecule has 0 bridgehead atoms. The molecule has 0 aliphatic rings. The first-order valence-electron chi connectivity index (χ1n) is 8.05. The van der Waals surface area contributed by atoms with E-state index in [4.69, 9.17) is 10.5 Å². The molecule has 2 rings (SSSR count). The van der Waals surface area contributed by atoms with Gasteiger partial charge in [0, 0.05) is 17.7 Å². The van der Waals surface area contributed by atoms with Crippen molar-refractivity contribution in [3.05, 3.63) is 65.7 Å². The molecule has 0 aliphatic heterocycles. The van der Waals surface area contributed by atoms with E-state index in [9.17, 15) is 19.5 Å². The Hall–Kier alpha value is -3.35. The summed E-state index contributed by atoms with van der Waals surface area (Å²) >= 11 is 0. The number of nitrogens with two attached hydrogens (primary N) is 1. The molecule has 2 aromatic carbocycles. The minimum atomic E-state index is -1.24. The Labute approximate surface area is 150 Å². The van der Waals surface area contributed by atoms with Crippen LogP contribution in [0.25, 0.3) is 0 Å². The van der Waals surface area contributed by atoms with E-state index in [-0.39, 0.29) is 25.2 Å². The third-order valence-corrected chi connectivity index (χ3v) is 3.72. The maximum absolute atomic E-state index is 12.2. The second-order valence-electron chi connectivity index (χ2n) is 5.65. The highest BCUT2D eigenvalue weighted by Crippen LogP contribution is 2.14. The van der Waals surface area contributed by atoms with Crippen LogP contribution in [0, 0.1) is 0 Å². The van der Waals surface area contributed by atoms with Gasteiger partial charge in [-0.25, -0.2) is 9.59 Å². The van der Waals surface area contributed by atoms with Crippen LogP contribution in [0.15, 0.2) is 54.6 Å². The zero-order valence-electron chi connectivity index (χ0n) is 14.1. The highest BCUT2D eigenvalue weighted by molar-refractivity contribution is 6.00. The molecule has 26 heavy (non-hydrogen) atoms. The van der Waals surface area contributed by atoms with E-state index >= 15 is 0 Å². The number of amides is 1. The van der Waals surface area contributed by atoms with E-state index in [0.717, 1.165) is 5.56 Å². The largest absolute Gasteiger partial charge is 0.480 e. The SMILES string of the molecule is Nc1ccccc1C(=O)CCC(NC(=O)OCc1ccccc1)C(=O)O. The minimum Gasteiger partial charge on any atom is -0.480 e. The molecule has 0 saturated heterocycles. The van der Waals surface area contributed by atoms with Gasteiger partial charge < -0.3 is 20.9 Å². The number of Topliss-reactive ketones (excluding diaryl/α,β-unsaturated/α-hetero) is 1. The van der Waals surface area contributed by atoms with Crippen molar-refractivity contribution in [3.63, 3.8) is 0 Å². The maximum atomic E-state index is 12.2. The van der Waals surface area contributed by atoms with Crippen LogP contribution in [0.5, 0.6) is 0 Å². The molecule has 7 heteroatoms. The normalized spacial score (nSPS) is 11.4. The van der Waals surface area contributed by atoms with Gasteiger partial charge in [0.25, 0.3) is 0 Å². The Morgan fingerprint density at radius 1 is 1.04 bits per heavy atom. The molecule has 0 heterocycles. The number of benzene rings is 2. The molecule has 4 N–H and O–H groups in total. The van der Waals surface area contributed by atoms with Gasteiger partial charge in [-0.15, -0.1) is 0 Å². The molecular formula is C19H20N2O5. The molecule has 1 atom stereocenters. The molecular weight excluding hydrogens is 336 g/mol.